The molecule has 0 aromatic heterocycles. The molecule has 4 amide bonds. The van der Waals surface area contributed by atoms with Gasteiger partial charge in [0.15, 0.2) is 0 Å². The van der Waals surface area contributed by atoms with Gasteiger partial charge in [-0.05, 0) is 6.42 Å². The van der Waals surface area contributed by atoms with Crippen LogP contribution in [-0.4, -0.2) is 68.1 Å². The van der Waals surface area contributed by atoms with Gasteiger partial charge in [-0.2, -0.15) is 0 Å². The number of hydroxylamine groups is 1. The summed E-state index contributed by atoms with van der Waals surface area (Å²) < 4.78 is 4.74. The summed E-state index contributed by atoms with van der Waals surface area (Å²) in [5.41, 5.74) is 2.26. The van der Waals surface area contributed by atoms with E-state index in [4.69, 9.17) is 9.57 Å². The van der Waals surface area contributed by atoms with Crippen LogP contribution in [0.25, 0.3) is 0 Å². The number of imide groups is 1. The molecule has 1 heterocycles. The Labute approximate surface area is 111 Å². The Kier molecular flexibility index (Phi) is 6.23. The highest BCUT2D eigenvalue weighted by Gasteiger charge is 2.32. The molecular weight excluding hydrogens is 254 g/mol. The van der Waals surface area contributed by atoms with E-state index < -0.39 is 0 Å². The van der Waals surface area contributed by atoms with Gasteiger partial charge in [-0.1, -0.05) is 0 Å². The summed E-state index contributed by atoms with van der Waals surface area (Å²) in [6.45, 7) is 1.01. The monoisotopic (exact) mass is 273 g/mol. The molecule has 1 saturated heterocycles. The second kappa shape index (κ2) is 7.70. The van der Waals surface area contributed by atoms with Crippen molar-refractivity contribution < 1.29 is 24.0 Å². The van der Waals surface area contributed by atoms with Crippen LogP contribution in [0.4, 0.5) is 4.79 Å². The molecule has 0 saturated carbocycles. The predicted octanol–water partition coefficient (Wildman–Crippen LogP) is -0.645. The van der Waals surface area contributed by atoms with Crippen LogP contribution < -0.4 is 5.48 Å². The number of amides is 4. The largest absolute Gasteiger partial charge is 0.382 e. The highest BCUT2D eigenvalue weighted by atomic mass is 16.7. The molecule has 19 heavy (non-hydrogen) atoms. The molecule has 8 heteroatoms. The van der Waals surface area contributed by atoms with Gasteiger partial charge in [-0.3, -0.25) is 19.3 Å². The summed E-state index contributed by atoms with van der Waals surface area (Å²) in [6.07, 6.45) is 0.596. The Morgan fingerprint density at radius 1 is 1.37 bits per heavy atom. The fourth-order valence-corrected chi connectivity index (χ4v) is 1.59. The molecule has 1 fully saturated rings. The van der Waals surface area contributed by atoms with Crippen molar-refractivity contribution in [1.82, 2.24) is 15.3 Å². The van der Waals surface area contributed by atoms with E-state index in [9.17, 15) is 14.4 Å². The third-order valence-electron chi connectivity index (χ3n) is 2.59. The Hall–Kier alpha value is -1.67. The van der Waals surface area contributed by atoms with Crippen molar-refractivity contribution in [3.8, 4) is 0 Å². The maximum absolute atomic E-state index is 11.5. The average Bonchev–Trinajstić information content (AvgIpc) is 2.61. The van der Waals surface area contributed by atoms with Crippen LogP contribution in [0.2, 0.25) is 0 Å². The molecule has 8 nitrogen and oxygen atoms in total. The summed E-state index contributed by atoms with van der Waals surface area (Å²) >= 11 is 0. The number of hydrogen-bond acceptors (Lipinski definition) is 5. The number of nitrogens with one attached hydrogen (secondary N) is 1. The van der Waals surface area contributed by atoms with Crippen LogP contribution in [0.5, 0.6) is 0 Å². The maximum atomic E-state index is 11.5. The molecule has 0 bridgehead atoms. The number of urea groups is 1. The zero-order valence-electron chi connectivity index (χ0n) is 11.2. The van der Waals surface area contributed by atoms with E-state index in [1.165, 1.54) is 12.0 Å². The summed E-state index contributed by atoms with van der Waals surface area (Å²) in [6, 6.07) is -0.318. The van der Waals surface area contributed by atoms with Crippen LogP contribution in [0.15, 0.2) is 0 Å². The lowest BCUT2D eigenvalue weighted by atomic mass is 10.3. The number of carbonyl (C=O) groups is 3. The number of rotatable bonds is 8. The van der Waals surface area contributed by atoms with Crippen molar-refractivity contribution in [2.45, 2.75) is 12.8 Å². The standard InChI is InChI=1S/C11H19N3O5/c1-13-8-10(16)14(11(13)17)5-3-4-9(15)12-19-7-6-18-2/h3-8H2,1-2H3,(H,12,15). The average molecular weight is 273 g/mol. The number of nitrogens with zero attached hydrogens (tertiary/aromatic N) is 2. The van der Waals surface area contributed by atoms with Gasteiger partial charge in [0, 0.05) is 27.1 Å². The minimum atomic E-state index is -0.318. The van der Waals surface area contributed by atoms with Crippen LogP contribution in [0, 0.1) is 0 Å². The quantitative estimate of drug-likeness (QED) is 0.361. The number of ether oxygens (including phenoxy) is 1. The summed E-state index contributed by atoms with van der Waals surface area (Å²) in [5, 5.41) is 0. The van der Waals surface area contributed by atoms with E-state index in [1.807, 2.05) is 0 Å². The van der Waals surface area contributed by atoms with E-state index in [0.717, 1.165) is 4.90 Å². The first kappa shape index (κ1) is 15.4. The summed E-state index contributed by atoms with van der Waals surface area (Å²) in [4.78, 5) is 41.6. The second-order valence-electron chi connectivity index (χ2n) is 4.15. The molecule has 0 aliphatic carbocycles. The second-order valence-corrected chi connectivity index (χ2v) is 4.15. The lowest BCUT2D eigenvalue weighted by Crippen LogP contribution is -2.33. The summed E-state index contributed by atoms with van der Waals surface area (Å²) in [5.74, 6) is -0.521. The third kappa shape index (κ3) is 4.84. The highest BCUT2D eigenvalue weighted by Crippen LogP contribution is 2.08. The molecule has 0 aromatic rings. The molecule has 0 radical (unpaired) electrons. The van der Waals surface area contributed by atoms with Crippen molar-refractivity contribution >= 4 is 17.8 Å². The Morgan fingerprint density at radius 2 is 2.11 bits per heavy atom. The maximum Gasteiger partial charge on any atom is 0.326 e. The molecule has 0 atom stereocenters. The van der Waals surface area contributed by atoms with E-state index in [1.54, 1.807) is 7.05 Å². The predicted molar refractivity (Wildman–Crippen MR) is 64.9 cm³/mol. The number of methoxy groups -OCH3 is 1. The van der Waals surface area contributed by atoms with Gasteiger partial charge in [0.25, 0.3) is 0 Å². The first-order chi connectivity index (χ1) is 9.06. The smallest absolute Gasteiger partial charge is 0.326 e. The van der Waals surface area contributed by atoms with Crippen LogP contribution in [0.1, 0.15) is 12.8 Å². The number of hydrogen-bond donors (Lipinski definition) is 1. The van der Waals surface area contributed by atoms with E-state index in [2.05, 4.69) is 5.48 Å². The van der Waals surface area contributed by atoms with Crippen molar-refractivity contribution in [3.05, 3.63) is 0 Å². The first-order valence-electron chi connectivity index (χ1n) is 6.01. The minimum absolute atomic E-state index is 0.102. The zero-order chi connectivity index (χ0) is 14.3. The van der Waals surface area contributed by atoms with Gasteiger partial charge < -0.3 is 9.64 Å². The molecule has 1 rings (SSSR count). The van der Waals surface area contributed by atoms with Gasteiger partial charge in [-0.15, -0.1) is 0 Å². The van der Waals surface area contributed by atoms with E-state index in [0.29, 0.717) is 13.0 Å². The van der Waals surface area contributed by atoms with E-state index in [-0.39, 0.29) is 44.0 Å². The Morgan fingerprint density at radius 3 is 2.68 bits per heavy atom. The molecule has 0 unspecified atom stereocenters. The highest BCUT2D eigenvalue weighted by molar-refractivity contribution is 6.01. The lowest BCUT2D eigenvalue weighted by molar-refractivity contribution is -0.135. The Bertz CT molecular complexity index is 347. The normalized spacial score (nSPS) is 15.3. The molecule has 0 aromatic carbocycles. The Balaban J connectivity index is 2.14. The third-order valence-corrected chi connectivity index (χ3v) is 2.59. The van der Waals surface area contributed by atoms with Crippen LogP contribution in [-0.2, 0) is 19.2 Å². The van der Waals surface area contributed by atoms with Gasteiger partial charge >= 0.3 is 6.03 Å². The SMILES string of the molecule is COCCONC(=O)CCCN1C(=O)CN(C)C1=O. The van der Waals surface area contributed by atoms with Crippen molar-refractivity contribution in [2.75, 3.05) is 40.5 Å². The van der Waals surface area contributed by atoms with Gasteiger partial charge in [0.2, 0.25) is 11.8 Å². The molecular formula is C11H19N3O5. The zero-order valence-corrected chi connectivity index (χ0v) is 11.2. The van der Waals surface area contributed by atoms with Crippen molar-refractivity contribution in [2.24, 2.45) is 0 Å². The van der Waals surface area contributed by atoms with Crippen LogP contribution >= 0.6 is 0 Å². The topological polar surface area (TPSA) is 88.2 Å². The van der Waals surface area contributed by atoms with Crippen molar-refractivity contribution in [3.63, 3.8) is 0 Å². The number of carbonyl (C=O) groups excluding carboxylic acids is 3. The number of likely N-dealkylation sites (N-methyl/N-ethyl adjacent to an activating group) is 1. The van der Waals surface area contributed by atoms with Crippen molar-refractivity contribution in [1.29, 1.82) is 0 Å². The minimum Gasteiger partial charge on any atom is -0.382 e. The molecule has 1 N–H and O–H groups in total. The first-order valence-corrected chi connectivity index (χ1v) is 6.01. The fraction of sp³-hybridized carbons (Fsp3) is 0.727. The van der Waals surface area contributed by atoms with Gasteiger partial charge in [0.1, 0.15) is 6.54 Å². The van der Waals surface area contributed by atoms with E-state index >= 15 is 0 Å². The molecule has 0 spiro atoms. The fourth-order valence-electron chi connectivity index (χ4n) is 1.59. The lowest BCUT2D eigenvalue weighted by Gasteiger charge is -2.13. The molecule has 1 aliphatic heterocycles. The molecule has 1 aliphatic rings. The van der Waals surface area contributed by atoms with Gasteiger partial charge in [0.05, 0.1) is 13.2 Å². The van der Waals surface area contributed by atoms with Gasteiger partial charge in [-0.25, -0.2) is 10.3 Å². The summed E-state index contributed by atoms with van der Waals surface area (Å²) in [7, 11) is 3.10. The van der Waals surface area contributed by atoms with Crippen LogP contribution in [0.3, 0.4) is 0 Å². The molecule has 108 valence electrons.